The van der Waals surface area contributed by atoms with Gasteiger partial charge < -0.3 is 15.8 Å². The van der Waals surface area contributed by atoms with Gasteiger partial charge in [-0.2, -0.15) is 0 Å². The number of nitrogens with zero attached hydrogens (tertiary/aromatic N) is 1. The normalized spacial score (nSPS) is 11.2. The summed E-state index contributed by atoms with van der Waals surface area (Å²) in [6, 6.07) is 2.08. The van der Waals surface area contributed by atoms with E-state index in [2.05, 4.69) is 5.32 Å². The van der Waals surface area contributed by atoms with Crippen LogP contribution in [0.1, 0.15) is 13.8 Å². The topological polar surface area (TPSA) is 90.4 Å². The van der Waals surface area contributed by atoms with Gasteiger partial charge in [0.1, 0.15) is 0 Å². The molecule has 0 spiro atoms. The first-order chi connectivity index (χ1) is 8.30. The largest absolute Gasteiger partial charge is 0.490 e. The van der Waals surface area contributed by atoms with E-state index in [1.165, 1.54) is 13.2 Å². The number of anilines is 1. The molecule has 0 fully saturated rings. The van der Waals surface area contributed by atoms with Crippen LogP contribution in [0.2, 0.25) is 0 Å². The summed E-state index contributed by atoms with van der Waals surface area (Å²) in [5.74, 6) is -0.722. The maximum atomic E-state index is 13.7. The second kappa shape index (κ2) is 5.18. The third kappa shape index (κ3) is 3.07. The maximum absolute atomic E-state index is 13.7. The van der Waals surface area contributed by atoms with E-state index in [1.807, 2.05) is 0 Å². The summed E-state index contributed by atoms with van der Waals surface area (Å²) in [6.45, 7) is 3.87. The monoisotopic (exact) mass is 257 g/mol. The lowest BCUT2D eigenvalue weighted by atomic mass is 10.1. The van der Waals surface area contributed by atoms with Crippen molar-refractivity contribution in [3.05, 3.63) is 28.1 Å². The van der Waals surface area contributed by atoms with Crippen LogP contribution in [-0.4, -0.2) is 24.1 Å². The minimum atomic E-state index is -0.718. The van der Waals surface area contributed by atoms with Crippen LogP contribution in [-0.2, 0) is 0 Å². The van der Waals surface area contributed by atoms with E-state index in [4.69, 9.17) is 10.5 Å². The molecular weight excluding hydrogens is 241 g/mol. The van der Waals surface area contributed by atoms with E-state index in [1.54, 1.807) is 13.8 Å². The highest BCUT2D eigenvalue weighted by atomic mass is 19.1. The molecule has 0 unspecified atom stereocenters. The van der Waals surface area contributed by atoms with E-state index in [0.717, 1.165) is 6.07 Å². The van der Waals surface area contributed by atoms with Gasteiger partial charge >= 0.3 is 5.69 Å². The van der Waals surface area contributed by atoms with Gasteiger partial charge in [-0.1, -0.05) is 0 Å². The number of nitrogens with two attached hydrogens (primary N) is 1. The smallest absolute Gasteiger partial charge is 0.313 e. The second-order valence-electron chi connectivity index (χ2n) is 4.47. The number of benzene rings is 1. The van der Waals surface area contributed by atoms with Crippen LogP contribution in [0.25, 0.3) is 0 Å². The fourth-order valence-corrected chi connectivity index (χ4v) is 1.36. The Labute approximate surface area is 104 Å². The summed E-state index contributed by atoms with van der Waals surface area (Å²) in [4.78, 5) is 10.0. The van der Waals surface area contributed by atoms with E-state index >= 15 is 0 Å². The Morgan fingerprint density at radius 3 is 2.61 bits per heavy atom. The Kier molecular flexibility index (Phi) is 4.07. The van der Waals surface area contributed by atoms with Gasteiger partial charge in [0.15, 0.2) is 11.6 Å². The fraction of sp³-hybridized carbons (Fsp3) is 0.455. The summed E-state index contributed by atoms with van der Waals surface area (Å²) in [5.41, 5.74) is 4.71. The molecule has 0 saturated heterocycles. The van der Waals surface area contributed by atoms with Gasteiger partial charge in [0.25, 0.3) is 0 Å². The molecule has 1 aromatic rings. The molecule has 6 nitrogen and oxygen atoms in total. The van der Waals surface area contributed by atoms with Crippen molar-refractivity contribution >= 4 is 11.4 Å². The zero-order valence-corrected chi connectivity index (χ0v) is 10.5. The van der Waals surface area contributed by atoms with E-state index in [9.17, 15) is 14.5 Å². The van der Waals surface area contributed by atoms with Crippen molar-refractivity contribution in [1.82, 2.24) is 0 Å². The molecule has 0 aliphatic rings. The number of hydrogen-bond donors (Lipinski definition) is 2. The fourth-order valence-electron chi connectivity index (χ4n) is 1.36. The number of methoxy groups -OCH3 is 1. The van der Waals surface area contributed by atoms with Crippen molar-refractivity contribution in [2.45, 2.75) is 19.4 Å². The van der Waals surface area contributed by atoms with E-state index < -0.39 is 22.0 Å². The summed E-state index contributed by atoms with van der Waals surface area (Å²) < 4.78 is 18.6. The van der Waals surface area contributed by atoms with Crippen LogP contribution in [0.4, 0.5) is 15.8 Å². The van der Waals surface area contributed by atoms with Crippen molar-refractivity contribution < 1.29 is 14.1 Å². The molecule has 18 heavy (non-hydrogen) atoms. The van der Waals surface area contributed by atoms with Crippen LogP contribution in [0.5, 0.6) is 5.75 Å². The molecule has 1 aromatic carbocycles. The molecule has 7 heteroatoms. The molecule has 0 amide bonds. The average molecular weight is 257 g/mol. The van der Waals surface area contributed by atoms with Crippen molar-refractivity contribution in [2.24, 2.45) is 5.73 Å². The summed E-state index contributed by atoms with van der Waals surface area (Å²) >= 11 is 0. The molecule has 0 aromatic heterocycles. The molecule has 0 heterocycles. The molecule has 0 bridgehead atoms. The lowest BCUT2D eigenvalue weighted by Crippen LogP contribution is -2.39. The molecular formula is C11H16FN3O3. The number of halogens is 1. The molecule has 100 valence electrons. The Hall–Kier alpha value is -1.89. The Balaban J connectivity index is 3.19. The number of rotatable bonds is 5. The maximum Gasteiger partial charge on any atom is 0.313 e. The van der Waals surface area contributed by atoms with Crippen molar-refractivity contribution in [2.75, 3.05) is 19.0 Å². The number of hydrogen-bond acceptors (Lipinski definition) is 5. The van der Waals surface area contributed by atoms with E-state index in [0.29, 0.717) is 0 Å². The molecule has 0 aliphatic carbocycles. The van der Waals surface area contributed by atoms with Gasteiger partial charge in [0.2, 0.25) is 0 Å². The van der Waals surface area contributed by atoms with Crippen LogP contribution >= 0.6 is 0 Å². The summed E-state index contributed by atoms with van der Waals surface area (Å²) in [6.07, 6.45) is 0. The van der Waals surface area contributed by atoms with Crippen LogP contribution in [0.15, 0.2) is 12.1 Å². The first kappa shape index (κ1) is 14.2. The predicted octanol–water partition coefficient (Wildman–Crippen LogP) is 1.89. The second-order valence-corrected chi connectivity index (χ2v) is 4.47. The lowest BCUT2D eigenvalue weighted by molar-refractivity contribution is -0.385. The Morgan fingerprint density at radius 2 is 2.17 bits per heavy atom. The number of nitrogens with one attached hydrogen (secondary N) is 1. The molecule has 0 aliphatic heterocycles. The molecule has 0 saturated carbocycles. The molecule has 1 rings (SSSR count). The van der Waals surface area contributed by atoms with Crippen LogP contribution in [0, 0.1) is 15.9 Å². The number of nitro groups is 1. The van der Waals surface area contributed by atoms with Gasteiger partial charge in [0.05, 0.1) is 23.8 Å². The first-order valence-corrected chi connectivity index (χ1v) is 5.31. The zero-order valence-electron chi connectivity index (χ0n) is 10.5. The van der Waals surface area contributed by atoms with Crippen LogP contribution in [0.3, 0.4) is 0 Å². The number of ether oxygens (including phenoxy) is 1. The standard InChI is InChI=1S/C11H16FN3O3/c1-11(2,6-13)14-8-5-10(18-3)9(15(16)17)4-7(8)12/h4-5,14H,6,13H2,1-3H3. The highest BCUT2D eigenvalue weighted by molar-refractivity contribution is 5.59. The quantitative estimate of drug-likeness (QED) is 0.621. The van der Waals surface area contributed by atoms with Crippen molar-refractivity contribution in [3.8, 4) is 5.75 Å². The van der Waals surface area contributed by atoms with Crippen molar-refractivity contribution in [3.63, 3.8) is 0 Å². The highest BCUT2D eigenvalue weighted by Crippen LogP contribution is 2.33. The van der Waals surface area contributed by atoms with Gasteiger partial charge in [-0.05, 0) is 13.8 Å². The number of nitro benzene ring substituents is 1. The third-order valence-corrected chi connectivity index (χ3v) is 2.45. The minimum Gasteiger partial charge on any atom is -0.490 e. The first-order valence-electron chi connectivity index (χ1n) is 5.31. The molecule has 3 N–H and O–H groups in total. The molecule has 0 radical (unpaired) electrons. The Bertz CT molecular complexity index is 463. The van der Waals surface area contributed by atoms with Gasteiger partial charge in [-0.25, -0.2) is 4.39 Å². The summed E-state index contributed by atoms with van der Waals surface area (Å²) in [7, 11) is 1.29. The highest BCUT2D eigenvalue weighted by Gasteiger charge is 2.22. The van der Waals surface area contributed by atoms with Crippen molar-refractivity contribution in [1.29, 1.82) is 0 Å². The predicted molar refractivity (Wildman–Crippen MR) is 66.4 cm³/mol. The third-order valence-electron chi connectivity index (χ3n) is 2.45. The van der Waals surface area contributed by atoms with Gasteiger partial charge in [-0.15, -0.1) is 0 Å². The van der Waals surface area contributed by atoms with Gasteiger partial charge in [0, 0.05) is 18.2 Å². The average Bonchev–Trinajstić information content (AvgIpc) is 2.30. The SMILES string of the molecule is COc1cc(NC(C)(C)CN)c(F)cc1[N+](=O)[O-]. The van der Waals surface area contributed by atoms with E-state index in [-0.39, 0.29) is 18.0 Å². The summed E-state index contributed by atoms with van der Waals surface area (Å²) in [5, 5.41) is 13.6. The van der Waals surface area contributed by atoms with Crippen LogP contribution < -0.4 is 15.8 Å². The molecule has 0 atom stereocenters. The van der Waals surface area contributed by atoms with Gasteiger partial charge in [-0.3, -0.25) is 10.1 Å². The zero-order chi connectivity index (χ0) is 13.9. The Morgan fingerprint density at radius 1 is 1.56 bits per heavy atom. The lowest BCUT2D eigenvalue weighted by Gasteiger charge is -2.26. The minimum absolute atomic E-state index is 0.00304.